The maximum Gasteiger partial charge on any atom is 0.310 e. The van der Waals surface area contributed by atoms with Crippen LogP contribution in [0.15, 0.2) is 36.4 Å². The van der Waals surface area contributed by atoms with Gasteiger partial charge in [0.05, 0.1) is 49.6 Å². The molecule has 28 heavy (non-hydrogen) atoms. The molecule has 0 saturated heterocycles. The smallest absolute Gasteiger partial charge is 0.310 e. The van der Waals surface area contributed by atoms with Gasteiger partial charge in [-0.25, -0.2) is 4.98 Å². The Morgan fingerprint density at radius 3 is 2.39 bits per heavy atom. The third-order valence-corrected chi connectivity index (χ3v) is 5.31. The lowest BCUT2D eigenvalue weighted by atomic mass is 10.1. The molecule has 6 nitrogen and oxygen atoms in total. The van der Waals surface area contributed by atoms with E-state index in [0.29, 0.717) is 23.9 Å². The van der Waals surface area contributed by atoms with Crippen LogP contribution in [0.3, 0.4) is 0 Å². The molecule has 0 radical (unpaired) electrons. The molecular weight excluding hydrogens is 378 g/mol. The molecule has 0 spiro atoms. The maximum atomic E-state index is 12.2. The van der Waals surface area contributed by atoms with Gasteiger partial charge >= 0.3 is 5.97 Å². The number of hydrogen-bond donors (Lipinski definition) is 0. The van der Waals surface area contributed by atoms with E-state index < -0.39 is 0 Å². The minimum atomic E-state index is -0.293. The van der Waals surface area contributed by atoms with Gasteiger partial charge in [0, 0.05) is 6.42 Å². The van der Waals surface area contributed by atoms with E-state index in [1.165, 1.54) is 4.70 Å². The molecule has 0 amide bonds. The fourth-order valence-corrected chi connectivity index (χ4v) is 3.90. The third-order valence-electron chi connectivity index (χ3n) is 4.21. The molecule has 3 rings (SSSR count). The summed E-state index contributed by atoms with van der Waals surface area (Å²) < 4.78 is 22.5. The summed E-state index contributed by atoms with van der Waals surface area (Å²) in [5.74, 6) is 1.23. The molecule has 0 aliphatic carbocycles. The lowest BCUT2D eigenvalue weighted by Crippen LogP contribution is -2.10. The van der Waals surface area contributed by atoms with Crippen LogP contribution in [-0.2, 0) is 22.4 Å². The summed E-state index contributed by atoms with van der Waals surface area (Å²) in [7, 11) is 4.63. The van der Waals surface area contributed by atoms with Crippen molar-refractivity contribution in [2.45, 2.75) is 19.3 Å². The number of benzene rings is 2. The molecule has 0 saturated carbocycles. The van der Waals surface area contributed by atoms with E-state index in [1.54, 1.807) is 44.8 Å². The molecule has 3 aromatic rings. The monoisotopic (exact) mass is 401 g/mol. The van der Waals surface area contributed by atoms with Crippen molar-refractivity contribution in [3.63, 3.8) is 0 Å². The van der Waals surface area contributed by atoms with Crippen molar-refractivity contribution in [2.24, 2.45) is 0 Å². The quantitative estimate of drug-likeness (QED) is 0.398. The standard InChI is InChI=1S/C21H23NO5S/c1-24-16-11-14(12-17(25-2)21(16)26-3)13-20(23)27-10-6-9-19-22-15-7-4-5-8-18(15)28-19/h4-5,7-8,11-12H,6,9-10,13H2,1-3H3. The molecule has 0 atom stereocenters. The number of para-hydroxylation sites is 1. The number of aromatic nitrogens is 1. The van der Waals surface area contributed by atoms with E-state index in [2.05, 4.69) is 11.1 Å². The second-order valence-electron chi connectivity index (χ2n) is 6.11. The first-order valence-electron chi connectivity index (χ1n) is 8.93. The summed E-state index contributed by atoms with van der Waals surface area (Å²) in [6.45, 7) is 0.360. The molecule has 2 aromatic carbocycles. The Morgan fingerprint density at radius 1 is 1.04 bits per heavy atom. The van der Waals surface area contributed by atoms with Crippen molar-refractivity contribution in [3.05, 3.63) is 47.0 Å². The van der Waals surface area contributed by atoms with Crippen LogP contribution in [-0.4, -0.2) is 38.9 Å². The first-order chi connectivity index (χ1) is 13.6. The number of thiazole rings is 1. The number of methoxy groups -OCH3 is 3. The van der Waals surface area contributed by atoms with Crippen molar-refractivity contribution < 1.29 is 23.7 Å². The van der Waals surface area contributed by atoms with Gasteiger partial charge in [0.25, 0.3) is 0 Å². The zero-order valence-corrected chi connectivity index (χ0v) is 17.0. The van der Waals surface area contributed by atoms with Gasteiger partial charge in [-0.1, -0.05) is 12.1 Å². The van der Waals surface area contributed by atoms with Gasteiger partial charge in [-0.05, 0) is 36.2 Å². The average Bonchev–Trinajstić information content (AvgIpc) is 3.13. The maximum absolute atomic E-state index is 12.2. The summed E-state index contributed by atoms with van der Waals surface area (Å²) in [6.07, 6.45) is 1.66. The van der Waals surface area contributed by atoms with Gasteiger partial charge in [0.15, 0.2) is 11.5 Å². The summed E-state index contributed by atoms with van der Waals surface area (Å²) in [5, 5.41) is 1.06. The number of aryl methyl sites for hydroxylation is 1. The number of carbonyl (C=O) groups excluding carboxylic acids is 1. The van der Waals surface area contributed by atoms with Crippen molar-refractivity contribution in [3.8, 4) is 17.2 Å². The molecule has 0 fully saturated rings. The number of fused-ring (bicyclic) bond motifs is 1. The Balaban J connectivity index is 1.51. The number of esters is 1. The lowest BCUT2D eigenvalue weighted by molar-refractivity contribution is -0.142. The molecule has 0 N–H and O–H groups in total. The summed E-state index contributed by atoms with van der Waals surface area (Å²) in [4.78, 5) is 16.8. The molecule has 1 aromatic heterocycles. The second kappa shape index (κ2) is 9.41. The second-order valence-corrected chi connectivity index (χ2v) is 7.22. The zero-order valence-electron chi connectivity index (χ0n) is 16.2. The minimum Gasteiger partial charge on any atom is -0.493 e. The Hall–Kier alpha value is -2.80. The van der Waals surface area contributed by atoms with E-state index >= 15 is 0 Å². The summed E-state index contributed by atoms with van der Waals surface area (Å²) in [5.41, 5.74) is 1.76. The van der Waals surface area contributed by atoms with Gasteiger partial charge in [-0.3, -0.25) is 4.79 Å². The normalized spacial score (nSPS) is 10.7. The highest BCUT2D eigenvalue weighted by atomic mass is 32.1. The van der Waals surface area contributed by atoms with E-state index in [4.69, 9.17) is 18.9 Å². The molecule has 7 heteroatoms. The molecule has 0 aliphatic heterocycles. The van der Waals surface area contributed by atoms with Crippen LogP contribution in [0.2, 0.25) is 0 Å². The number of hydrogen-bond acceptors (Lipinski definition) is 7. The number of nitrogens with zero attached hydrogens (tertiary/aromatic N) is 1. The molecule has 0 aliphatic rings. The van der Waals surface area contributed by atoms with Crippen molar-refractivity contribution in [2.75, 3.05) is 27.9 Å². The predicted molar refractivity (Wildman–Crippen MR) is 109 cm³/mol. The highest BCUT2D eigenvalue weighted by molar-refractivity contribution is 7.18. The molecule has 148 valence electrons. The lowest BCUT2D eigenvalue weighted by Gasteiger charge is -2.14. The largest absolute Gasteiger partial charge is 0.493 e. The first kappa shape index (κ1) is 19.9. The molecule has 0 unspecified atom stereocenters. The van der Waals surface area contributed by atoms with Crippen molar-refractivity contribution in [1.82, 2.24) is 4.98 Å². The zero-order chi connectivity index (χ0) is 19.9. The number of rotatable bonds is 9. The summed E-state index contributed by atoms with van der Waals surface area (Å²) >= 11 is 1.68. The molecular formula is C21H23NO5S. The minimum absolute atomic E-state index is 0.137. The fraction of sp³-hybridized carbons (Fsp3) is 0.333. The topological polar surface area (TPSA) is 66.9 Å². The predicted octanol–water partition coefficient (Wildman–Crippen LogP) is 4.04. The molecule has 1 heterocycles. The van der Waals surface area contributed by atoms with Crippen LogP contribution < -0.4 is 14.2 Å². The third kappa shape index (κ3) is 4.72. The van der Waals surface area contributed by atoms with Crippen molar-refractivity contribution >= 4 is 27.5 Å². The van der Waals surface area contributed by atoms with Crippen LogP contribution in [0, 0.1) is 0 Å². The van der Waals surface area contributed by atoms with Crippen LogP contribution in [0.1, 0.15) is 17.0 Å². The highest BCUT2D eigenvalue weighted by Crippen LogP contribution is 2.38. The van der Waals surface area contributed by atoms with Gasteiger partial charge < -0.3 is 18.9 Å². The number of carbonyl (C=O) groups is 1. The average molecular weight is 401 g/mol. The van der Waals surface area contributed by atoms with Crippen LogP contribution in [0.5, 0.6) is 17.2 Å². The van der Waals surface area contributed by atoms with Gasteiger partial charge in [0.2, 0.25) is 5.75 Å². The SMILES string of the molecule is COc1cc(CC(=O)OCCCc2nc3ccccc3s2)cc(OC)c1OC. The first-order valence-corrected chi connectivity index (χ1v) is 9.75. The Labute approximate surface area is 168 Å². The Kier molecular flexibility index (Phi) is 6.71. The van der Waals surface area contributed by atoms with Crippen LogP contribution >= 0.6 is 11.3 Å². The Bertz CT molecular complexity index is 895. The fourth-order valence-electron chi connectivity index (χ4n) is 2.89. The van der Waals surface area contributed by atoms with E-state index in [9.17, 15) is 4.79 Å². The number of ether oxygens (including phenoxy) is 4. The Morgan fingerprint density at radius 2 is 1.75 bits per heavy atom. The van der Waals surface area contributed by atoms with Crippen LogP contribution in [0.25, 0.3) is 10.2 Å². The van der Waals surface area contributed by atoms with Gasteiger partial charge in [-0.15, -0.1) is 11.3 Å². The highest BCUT2D eigenvalue weighted by Gasteiger charge is 2.15. The van der Waals surface area contributed by atoms with Crippen molar-refractivity contribution in [1.29, 1.82) is 0 Å². The van der Waals surface area contributed by atoms with E-state index in [0.717, 1.165) is 28.9 Å². The van der Waals surface area contributed by atoms with Gasteiger partial charge in [0.1, 0.15) is 0 Å². The van der Waals surface area contributed by atoms with E-state index in [-0.39, 0.29) is 12.4 Å². The van der Waals surface area contributed by atoms with Gasteiger partial charge in [-0.2, -0.15) is 0 Å². The van der Waals surface area contributed by atoms with E-state index in [1.807, 2.05) is 18.2 Å². The summed E-state index contributed by atoms with van der Waals surface area (Å²) in [6, 6.07) is 11.6. The van der Waals surface area contributed by atoms with Crippen LogP contribution in [0.4, 0.5) is 0 Å². The molecule has 0 bridgehead atoms.